The zero-order valence-electron chi connectivity index (χ0n) is 6.11. The summed E-state index contributed by atoms with van der Waals surface area (Å²) in [6.45, 7) is 0. The van der Waals surface area contributed by atoms with E-state index < -0.39 is 17.4 Å². The van der Waals surface area contributed by atoms with Crippen LogP contribution >= 0.6 is 0 Å². The van der Waals surface area contributed by atoms with Gasteiger partial charge in [0.05, 0.1) is 0 Å². The van der Waals surface area contributed by atoms with Crippen LogP contribution in [-0.2, 0) is 7.05 Å². The summed E-state index contributed by atoms with van der Waals surface area (Å²) in [6, 6.07) is 0. The monoisotopic (exact) mass is 160 g/mol. The number of hydrogen-bond acceptors (Lipinski definition) is 4. The number of imidazole rings is 1. The van der Waals surface area contributed by atoms with Gasteiger partial charge in [-0.15, -0.1) is 0 Å². The van der Waals surface area contributed by atoms with Gasteiger partial charge in [-0.1, -0.05) is 4.73 Å². The van der Waals surface area contributed by atoms with Gasteiger partial charge in [-0.2, -0.15) is 0 Å². The molecule has 1 aromatic rings. The van der Waals surface area contributed by atoms with Crippen molar-refractivity contribution in [1.82, 2.24) is 9.30 Å². The fourth-order valence-electron chi connectivity index (χ4n) is 0.723. The van der Waals surface area contributed by atoms with E-state index >= 15 is 0 Å². The predicted octanol–water partition coefficient (Wildman–Crippen LogP) is -1.34. The van der Waals surface area contributed by atoms with E-state index in [9.17, 15) is 4.79 Å². The molecular weight excluding hydrogens is 152 g/mol. The molecule has 2 N–H and O–H groups in total. The highest BCUT2D eigenvalue weighted by Gasteiger charge is 2.15. The minimum atomic E-state index is -0.637. The SMILES string of the molecule is COn1c(O)c(O)n(C)c1=O. The molecule has 62 valence electrons. The lowest BCUT2D eigenvalue weighted by atomic mass is 10.8. The Morgan fingerprint density at radius 3 is 2.09 bits per heavy atom. The fraction of sp³-hybridized carbons (Fsp3) is 0.400. The van der Waals surface area contributed by atoms with E-state index in [0.717, 1.165) is 4.57 Å². The van der Waals surface area contributed by atoms with Gasteiger partial charge in [-0.25, -0.2) is 4.79 Å². The molecule has 1 aromatic heterocycles. The first-order valence-electron chi connectivity index (χ1n) is 2.83. The van der Waals surface area contributed by atoms with Crippen molar-refractivity contribution in [2.45, 2.75) is 0 Å². The topological polar surface area (TPSA) is 76.6 Å². The number of nitrogens with zero attached hydrogens (tertiary/aromatic N) is 2. The maximum atomic E-state index is 10.9. The van der Waals surface area contributed by atoms with Gasteiger partial charge in [-0.3, -0.25) is 4.57 Å². The van der Waals surface area contributed by atoms with Gasteiger partial charge < -0.3 is 15.1 Å². The van der Waals surface area contributed by atoms with Crippen LogP contribution in [0.1, 0.15) is 0 Å². The van der Waals surface area contributed by atoms with Crippen LogP contribution in [0.5, 0.6) is 11.8 Å². The molecule has 0 radical (unpaired) electrons. The molecule has 0 saturated heterocycles. The van der Waals surface area contributed by atoms with Gasteiger partial charge in [0, 0.05) is 7.05 Å². The highest BCUT2D eigenvalue weighted by molar-refractivity contribution is 5.23. The van der Waals surface area contributed by atoms with Gasteiger partial charge in [0.2, 0.25) is 0 Å². The minimum Gasteiger partial charge on any atom is -0.491 e. The molecule has 0 aromatic carbocycles. The smallest absolute Gasteiger partial charge is 0.367 e. The summed E-state index contributed by atoms with van der Waals surface area (Å²) in [5.41, 5.74) is -0.637. The molecule has 11 heavy (non-hydrogen) atoms. The zero-order valence-corrected chi connectivity index (χ0v) is 6.11. The first kappa shape index (κ1) is 7.52. The maximum absolute atomic E-state index is 10.9. The van der Waals surface area contributed by atoms with E-state index in [-0.39, 0.29) is 0 Å². The lowest BCUT2D eigenvalue weighted by molar-refractivity contribution is 0.130. The summed E-state index contributed by atoms with van der Waals surface area (Å²) in [5, 5.41) is 17.9. The van der Waals surface area contributed by atoms with Crippen LogP contribution in [-0.4, -0.2) is 26.6 Å². The largest absolute Gasteiger partial charge is 0.491 e. The van der Waals surface area contributed by atoms with E-state index in [0.29, 0.717) is 4.73 Å². The third-order valence-electron chi connectivity index (χ3n) is 1.35. The second-order valence-electron chi connectivity index (χ2n) is 1.97. The van der Waals surface area contributed by atoms with Crippen molar-refractivity contribution < 1.29 is 15.1 Å². The molecule has 6 nitrogen and oxygen atoms in total. The molecule has 0 spiro atoms. The Labute approximate surface area is 61.8 Å². The van der Waals surface area contributed by atoms with Crippen LogP contribution in [0.3, 0.4) is 0 Å². The zero-order chi connectivity index (χ0) is 8.59. The Morgan fingerprint density at radius 1 is 1.36 bits per heavy atom. The van der Waals surface area contributed by atoms with Crippen molar-refractivity contribution in [2.24, 2.45) is 7.05 Å². The number of aromatic hydroxyl groups is 2. The first-order valence-corrected chi connectivity index (χ1v) is 2.83. The molecule has 0 unspecified atom stereocenters. The third kappa shape index (κ3) is 0.830. The summed E-state index contributed by atoms with van der Waals surface area (Å²) in [5.74, 6) is -1.11. The molecule has 1 heterocycles. The van der Waals surface area contributed by atoms with Gasteiger partial charge in [0.1, 0.15) is 7.11 Å². The van der Waals surface area contributed by atoms with Crippen molar-refractivity contribution >= 4 is 0 Å². The molecule has 0 fully saturated rings. The number of hydrogen-bond donors (Lipinski definition) is 2. The third-order valence-corrected chi connectivity index (χ3v) is 1.35. The minimum absolute atomic E-state index is 0.517. The highest BCUT2D eigenvalue weighted by atomic mass is 16.7. The second kappa shape index (κ2) is 2.22. The van der Waals surface area contributed by atoms with Gasteiger partial charge in [-0.05, 0) is 0 Å². The number of rotatable bonds is 1. The van der Waals surface area contributed by atoms with E-state index in [1.165, 1.54) is 14.2 Å². The molecule has 0 bridgehead atoms. The second-order valence-corrected chi connectivity index (χ2v) is 1.97. The molecule has 0 amide bonds. The average molecular weight is 160 g/mol. The fourth-order valence-corrected chi connectivity index (χ4v) is 0.723. The van der Waals surface area contributed by atoms with Crippen LogP contribution < -0.4 is 10.5 Å². The average Bonchev–Trinajstić information content (AvgIpc) is 2.17. The molecular formula is C5H8N2O4. The predicted molar refractivity (Wildman–Crippen MR) is 35.5 cm³/mol. The normalized spacial score (nSPS) is 10.0. The van der Waals surface area contributed by atoms with Gasteiger partial charge >= 0.3 is 5.69 Å². The van der Waals surface area contributed by atoms with E-state index in [1.807, 2.05) is 0 Å². The first-order chi connectivity index (χ1) is 5.09. The summed E-state index contributed by atoms with van der Waals surface area (Å²) >= 11 is 0. The lowest BCUT2D eigenvalue weighted by Gasteiger charge is -1.95. The molecule has 0 atom stereocenters. The molecule has 0 saturated carbocycles. The molecule has 6 heteroatoms. The van der Waals surface area contributed by atoms with Crippen molar-refractivity contribution in [3.63, 3.8) is 0 Å². The van der Waals surface area contributed by atoms with E-state index in [2.05, 4.69) is 4.84 Å². The van der Waals surface area contributed by atoms with Crippen LogP contribution in [0.15, 0.2) is 4.79 Å². The molecule has 1 rings (SSSR count). The summed E-state index contributed by atoms with van der Waals surface area (Å²) in [4.78, 5) is 15.4. The lowest BCUT2D eigenvalue weighted by Crippen LogP contribution is -2.25. The van der Waals surface area contributed by atoms with Gasteiger partial charge in [0.15, 0.2) is 0 Å². The summed E-state index contributed by atoms with van der Waals surface area (Å²) in [7, 11) is 2.52. The van der Waals surface area contributed by atoms with Crippen molar-refractivity contribution in [2.75, 3.05) is 7.11 Å². The Hall–Kier alpha value is -1.59. The molecule has 0 aliphatic heterocycles. The van der Waals surface area contributed by atoms with Crippen molar-refractivity contribution in [3.05, 3.63) is 10.5 Å². The van der Waals surface area contributed by atoms with Crippen molar-refractivity contribution in [3.8, 4) is 11.8 Å². The van der Waals surface area contributed by atoms with Crippen LogP contribution in [0.25, 0.3) is 0 Å². The van der Waals surface area contributed by atoms with Crippen molar-refractivity contribution in [1.29, 1.82) is 0 Å². The Kier molecular flexibility index (Phi) is 1.52. The standard InChI is InChI=1S/C5H8N2O4/c1-6-3(8)4(9)7(11-2)5(6)10/h8-9H,1-2H3. The maximum Gasteiger partial charge on any atom is 0.367 e. The summed E-state index contributed by atoms with van der Waals surface area (Å²) in [6.07, 6.45) is 0. The van der Waals surface area contributed by atoms with E-state index in [1.54, 1.807) is 0 Å². The molecule has 0 aliphatic rings. The summed E-state index contributed by atoms with van der Waals surface area (Å²) < 4.78 is 1.44. The van der Waals surface area contributed by atoms with Gasteiger partial charge in [0.25, 0.3) is 11.8 Å². The Balaban J connectivity index is 3.49. The quantitative estimate of drug-likeness (QED) is 0.533. The highest BCUT2D eigenvalue weighted by Crippen LogP contribution is 2.19. The molecule has 0 aliphatic carbocycles. The van der Waals surface area contributed by atoms with Crippen LogP contribution in [0, 0.1) is 0 Å². The Bertz CT molecular complexity index is 324. The number of aromatic nitrogens is 2. The van der Waals surface area contributed by atoms with Crippen LogP contribution in [0.2, 0.25) is 0 Å². The van der Waals surface area contributed by atoms with Crippen LogP contribution in [0.4, 0.5) is 0 Å². The van der Waals surface area contributed by atoms with E-state index in [4.69, 9.17) is 10.2 Å². The Morgan fingerprint density at radius 2 is 1.91 bits per heavy atom.